The van der Waals surface area contributed by atoms with E-state index in [1.807, 2.05) is 0 Å². The van der Waals surface area contributed by atoms with Crippen molar-refractivity contribution in [1.82, 2.24) is 14.8 Å². The summed E-state index contributed by atoms with van der Waals surface area (Å²) < 4.78 is 0. The van der Waals surface area contributed by atoms with E-state index in [4.69, 9.17) is 21.8 Å². The normalized spacial score (nSPS) is 18.3. The van der Waals surface area contributed by atoms with Crippen molar-refractivity contribution in [2.24, 2.45) is 5.92 Å². The molecule has 4 nitrogen and oxygen atoms in total. The topological polar surface area (TPSA) is 43.2 Å². The predicted molar refractivity (Wildman–Crippen MR) is 133 cm³/mol. The molecule has 1 aromatic heterocycles. The third-order valence-corrected chi connectivity index (χ3v) is 7.46. The zero-order valence-corrected chi connectivity index (χ0v) is 19.9. The number of fused-ring (bicyclic) bond motifs is 2. The molecule has 2 aliphatic rings. The second-order valence-corrected chi connectivity index (χ2v) is 9.52. The molecule has 0 radical (unpaired) electrons. The van der Waals surface area contributed by atoms with E-state index >= 15 is 0 Å². The van der Waals surface area contributed by atoms with Gasteiger partial charge >= 0.3 is 0 Å². The molecule has 0 N–H and O–H groups in total. The van der Waals surface area contributed by atoms with Crippen LogP contribution in [0.3, 0.4) is 0 Å². The number of benzene rings is 1. The van der Waals surface area contributed by atoms with Crippen LogP contribution in [0.25, 0.3) is 16.6 Å². The molecule has 32 heavy (non-hydrogen) atoms. The summed E-state index contributed by atoms with van der Waals surface area (Å²) in [5, 5.41) is 10.9. The maximum Gasteiger partial charge on any atom is 0.0727 e. The van der Waals surface area contributed by atoms with Gasteiger partial charge < -0.3 is 9.80 Å². The second-order valence-electron chi connectivity index (χ2n) is 9.14. The monoisotopic (exact) mass is 448 g/mol. The van der Waals surface area contributed by atoms with Crippen LogP contribution in [-0.2, 0) is 12.8 Å². The summed E-state index contributed by atoms with van der Waals surface area (Å²) in [5.74, 6) is 0.389. The van der Waals surface area contributed by atoms with Crippen LogP contribution in [-0.4, -0.2) is 41.0 Å². The SMILES string of the molecule is C=C(CCCC)N1CCN(C(=C)c2ccc3c(Cl)c4c(nc3c2)CCC(CC#N)C4)CC1. The van der Waals surface area contributed by atoms with E-state index in [0.29, 0.717) is 12.3 Å². The lowest BCUT2D eigenvalue weighted by Crippen LogP contribution is -2.44. The van der Waals surface area contributed by atoms with Crippen LogP contribution >= 0.6 is 11.6 Å². The number of aryl methyl sites for hydroxylation is 1. The Kier molecular flexibility index (Phi) is 7.06. The zero-order chi connectivity index (χ0) is 22.7. The molecule has 1 unspecified atom stereocenters. The van der Waals surface area contributed by atoms with Crippen LogP contribution in [0.4, 0.5) is 0 Å². The highest BCUT2D eigenvalue weighted by atomic mass is 35.5. The summed E-state index contributed by atoms with van der Waals surface area (Å²) in [6.45, 7) is 14.8. The summed E-state index contributed by atoms with van der Waals surface area (Å²) in [4.78, 5) is 9.77. The maximum absolute atomic E-state index is 9.06. The number of unbranched alkanes of at least 4 members (excludes halogenated alkanes) is 1. The lowest BCUT2D eigenvalue weighted by Gasteiger charge is -2.39. The van der Waals surface area contributed by atoms with Gasteiger partial charge in [-0.25, -0.2) is 0 Å². The Morgan fingerprint density at radius 3 is 2.69 bits per heavy atom. The Hall–Kier alpha value is -2.51. The molecule has 0 saturated carbocycles. The van der Waals surface area contributed by atoms with E-state index in [-0.39, 0.29) is 0 Å². The van der Waals surface area contributed by atoms with Crippen molar-refractivity contribution in [2.75, 3.05) is 26.2 Å². The standard InChI is InChI=1S/C27H33ClN4/c1-4-5-6-19(2)31-13-15-32(16-14-31)20(3)22-8-9-23-26(18-22)30-25-10-7-21(11-12-29)17-24(25)27(23)28/h8-9,18,21H,2-7,10-11,13-17H2,1H3. The second kappa shape index (κ2) is 9.96. The molecule has 0 bridgehead atoms. The molecule has 0 spiro atoms. The van der Waals surface area contributed by atoms with Gasteiger partial charge in [0.25, 0.3) is 0 Å². The third kappa shape index (κ3) is 4.64. The molecule has 2 aromatic rings. The number of pyridine rings is 1. The van der Waals surface area contributed by atoms with Gasteiger partial charge in [0.05, 0.1) is 16.6 Å². The first-order chi connectivity index (χ1) is 15.5. The average molecular weight is 449 g/mol. The van der Waals surface area contributed by atoms with Gasteiger partial charge in [-0.05, 0) is 55.2 Å². The summed E-state index contributed by atoms with van der Waals surface area (Å²) in [7, 11) is 0. The summed E-state index contributed by atoms with van der Waals surface area (Å²) in [6.07, 6.45) is 6.86. The minimum Gasteiger partial charge on any atom is -0.372 e. The van der Waals surface area contributed by atoms with Crippen LogP contribution in [0, 0.1) is 17.2 Å². The smallest absolute Gasteiger partial charge is 0.0727 e. The van der Waals surface area contributed by atoms with Crippen molar-refractivity contribution in [2.45, 2.75) is 51.9 Å². The summed E-state index contributed by atoms with van der Waals surface area (Å²) in [6, 6.07) is 8.65. The van der Waals surface area contributed by atoms with Gasteiger partial charge in [-0.15, -0.1) is 0 Å². The molecule has 1 aliphatic carbocycles. The van der Waals surface area contributed by atoms with E-state index in [1.165, 1.54) is 18.5 Å². The molecule has 5 heteroatoms. The molecule has 1 aromatic carbocycles. The highest BCUT2D eigenvalue weighted by molar-refractivity contribution is 6.36. The predicted octanol–water partition coefficient (Wildman–Crippen LogP) is 6.20. The van der Waals surface area contributed by atoms with Gasteiger partial charge in [0.1, 0.15) is 0 Å². The van der Waals surface area contributed by atoms with E-state index < -0.39 is 0 Å². The number of rotatable bonds is 7. The van der Waals surface area contributed by atoms with Crippen LogP contribution in [0.1, 0.15) is 55.8 Å². The van der Waals surface area contributed by atoms with Gasteiger partial charge in [-0.1, -0.05) is 50.2 Å². The van der Waals surface area contributed by atoms with Crippen LogP contribution in [0.5, 0.6) is 0 Å². The van der Waals surface area contributed by atoms with Gasteiger partial charge in [0.2, 0.25) is 0 Å². The summed E-state index contributed by atoms with van der Waals surface area (Å²) in [5.41, 5.74) is 6.60. The fourth-order valence-electron chi connectivity index (χ4n) is 4.95. The number of piperazine rings is 1. The fraction of sp³-hybridized carbons (Fsp3) is 0.481. The first-order valence-electron chi connectivity index (χ1n) is 11.9. The third-order valence-electron chi connectivity index (χ3n) is 7.03. The Balaban J connectivity index is 1.49. The summed E-state index contributed by atoms with van der Waals surface area (Å²) >= 11 is 6.82. The number of nitrogens with zero attached hydrogens (tertiary/aromatic N) is 4. The molecule has 2 heterocycles. The lowest BCUT2D eigenvalue weighted by atomic mass is 9.84. The molecular formula is C27H33ClN4. The number of nitriles is 1. The Bertz CT molecular complexity index is 1060. The Morgan fingerprint density at radius 1 is 1.22 bits per heavy atom. The number of halogens is 1. The lowest BCUT2D eigenvalue weighted by molar-refractivity contribution is 0.209. The van der Waals surface area contributed by atoms with E-state index in [9.17, 15) is 0 Å². The van der Waals surface area contributed by atoms with Crippen molar-refractivity contribution < 1.29 is 0 Å². The molecule has 1 saturated heterocycles. The van der Waals surface area contributed by atoms with Gasteiger partial charge in [0, 0.05) is 55.1 Å². The van der Waals surface area contributed by atoms with Gasteiger partial charge in [-0.3, -0.25) is 4.98 Å². The first kappa shape index (κ1) is 22.7. The molecule has 1 fully saturated rings. The highest BCUT2D eigenvalue weighted by Gasteiger charge is 2.24. The highest BCUT2D eigenvalue weighted by Crippen LogP contribution is 2.36. The van der Waals surface area contributed by atoms with Crippen LogP contribution < -0.4 is 0 Å². The van der Waals surface area contributed by atoms with E-state index in [1.54, 1.807) is 0 Å². The minimum absolute atomic E-state index is 0.389. The quantitative estimate of drug-likeness (QED) is 0.505. The minimum atomic E-state index is 0.389. The first-order valence-corrected chi connectivity index (χ1v) is 12.2. The maximum atomic E-state index is 9.06. The largest absolute Gasteiger partial charge is 0.372 e. The van der Waals surface area contributed by atoms with Gasteiger partial charge in [0.15, 0.2) is 0 Å². The zero-order valence-electron chi connectivity index (χ0n) is 19.2. The fourth-order valence-corrected chi connectivity index (χ4v) is 5.30. The van der Waals surface area contributed by atoms with Crippen molar-refractivity contribution in [3.63, 3.8) is 0 Å². The number of hydrogen-bond acceptors (Lipinski definition) is 4. The van der Waals surface area contributed by atoms with E-state index in [0.717, 1.165) is 90.3 Å². The number of allylic oxidation sites excluding steroid dienone is 1. The van der Waals surface area contributed by atoms with E-state index in [2.05, 4.69) is 54.1 Å². The Labute approximate surface area is 197 Å². The molecule has 4 rings (SSSR count). The molecule has 168 valence electrons. The number of hydrogen-bond donors (Lipinski definition) is 0. The van der Waals surface area contributed by atoms with Crippen LogP contribution in [0.2, 0.25) is 5.02 Å². The molecule has 1 atom stereocenters. The molecule has 1 aliphatic heterocycles. The van der Waals surface area contributed by atoms with Crippen LogP contribution in [0.15, 0.2) is 37.1 Å². The van der Waals surface area contributed by atoms with Gasteiger partial charge in [-0.2, -0.15) is 5.26 Å². The molecular weight excluding hydrogens is 416 g/mol. The van der Waals surface area contributed by atoms with Crippen molar-refractivity contribution in [1.29, 1.82) is 5.26 Å². The van der Waals surface area contributed by atoms with Crippen molar-refractivity contribution >= 4 is 28.2 Å². The molecule has 0 amide bonds. The Morgan fingerprint density at radius 2 is 1.97 bits per heavy atom. The van der Waals surface area contributed by atoms with Crippen molar-refractivity contribution in [3.05, 3.63) is 58.9 Å². The van der Waals surface area contributed by atoms with Crippen molar-refractivity contribution in [3.8, 4) is 6.07 Å². The average Bonchev–Trinajstić information content (AvgIpc) is 2.82. The number of aromatic nitrogens is 1.